The molecule has 0 fully saturated rings. The molecule has 3 nitrogen and oxygen atoms in total. The van der Waals surface area contributed by atoms with E-state index in [0.29, 0.717) is 0 Å². The van der Waals surface area contributed by atoms with Crippen LogP contribution in [0.25, 0.3) is 0 Å². The quantitative estimate of drug-likeness (QED) is 0.558. The predicted molar refractivity (Wildman–Crippen MR) is 34.7 cm³/mol. The summed E-state index contributed by atoms with van der Waals surface area (Å²) in [5, 5.41) is 6.81. The van der Waals surface area contributed by atoms with E-state index in [1.807, 2.05) is 6.92 Å². The highest BCUT2D eigenvalue weighted by Crippen LogP contribution is 1.88. The lowest BCUT2D eigenvalue weighted by Crippen LogP contribution is -1.88. The van der Waals surface area contributed by atoms with Gasteiger partial charge in [-0.15, -0.1) is 0 Å². The van der Waals surface area contributed by atoms with Crippen molar-refractivity contribution >= 4 is 6.21 Å². The van der Waals surface area contributed by atoms with Gasteiger partial charge in [-0.2, -0.15) is 0 Å². The summed E-state index contributed by atoms with van der Waals surface area (Å²) in [6.45, 7) is 1.81. The fourth-order valence-corrected chi connectivity index (χ4v) is 0.477. The highest BCUT2D eigenvalue weighted by molar-refractivity contribution is 5.75. The summed E-state index contributed by atoms with van der Waals surface area (Å²) in [6.07, 6.45) is 4.46. The van der Waals surface area contributed by atoms with Crippen LogP contribution in [0, 0.1) is 12.3 Å². The van der Waals surface area contributed by atoms with Crippen LogP contribution in [0.5, 0.6) is 0 Å². The van der Waals surface area contributed by atoms with Crippen LogP contribution < -0.4 is 0 Å². The predicted octanol–water partition coefficient (Wildman–Crippen LogP) is 0.783. The van der Waals surface area contributed by atoms with E-state index in [-0.39, 0.29) is 0 Å². The van der Waals surface area contributed by atoms with Gasteiger partial charge in [0, 0.05) is 24.2 Å². The van der Waals surface area contributed by atoms with Gasteiger partial charge in [0.25, 0.3) is 0 Å². The lowest BCUT2D eigenvalue weighted by Gasteiger charge is -1.89. The molecule has 0 radical (unpaired) electrons. The van der Waals surface area contributed by atoms with E-state index in [2.05, 4.69) is 9.97 Å². The number of rotatable bonds is 1. The summed E-state index contributed by atoms with van der Waals surface area (Å²) in [7, 11) is 0. The van der Waals surface area contributed by atoms with Crippen molar-refractivity contribution in [1.82, 2.24) is 9.97 Å². The molecule has 1 aromatic rings. The lowest BCUT2D eigenvalue weighted by molar-refractivity contribution is 1.05. The monoisotopic (exact) mass is 121 g/mol. The molecule has 0 aliphatic carbocycles. The Hall–Kier alpha value is -1.25. The minimum Gasteiger partial charge on any atom is -0.308 e. The van der Waals surface area contributed by atoms with Gasteiger partial charge in [-0.3, -0.25) is 0 Å². The number of aromatic nitrogens is 2. The number of nitrogens with zero attached hydrogens (tertiary/aromatic N) is 2. The second-order valence-corrected chi connectivity index (χ2v) is 1.71. The van der Waals surface area contributed by atoms with Gasteiger partial charge in [-0.1, -0.05) is 0 Å². The van der Waals surface area contributed by atoms with Crippen molar-refractivity contribution in [2.24, 2.45) is 0 Å². The second-order valence-electron chi connectivity index (χ2n) is 1.71. The summed E-state index contributed by atoms with van der Waals surface area (Å²) in [6, 6.07) is 0. The normalized spacial score (nSPS) is 9.00. The lowest BCUT2D eigenvalue weighted by atomic mass is 10.4. The van der Waals surface area contributed by atoms with E-state index in [4.69, 9.17) is 5.41 Å². The molecule has 0 atom stereocenters. The van der Waals surface area contributed by atoms with Gasteiger partial charge >= 0.3 is 0 Å². The van der Waals surface area contributed by atoms with Gasteiger partial charge in [0.1, 0.15) is 5.82 Å². The van der Waals surface area contributed by atoms with Gasteiger partial charge < -0.3 is 5.41 Å². The zero-order valence-corrected chi connectivity index (χ0v) is 5.13. The minimum absolute atomic E-state index is 0.737. The van der Waals surface area contributed by atoms with E-state index in [9.17, 15) is 0 Å². The van der Waals surface area contributed by atoms with Gasteiger partial charge in [-0.25, -0.2) is 9.97 Å². The largest absolute Gasteiger partial charge is 0.308 e. The van der Waals surface area contributed by atoms with Crippen molar-refractivity contribution in [3.8, 4) is 0 Å². The van der Waals surface area contributed by atoms with Crippen LogP contribution in [0.2, 0.25) is 0 Å². The zero-order chi connectivity index (χ0) is 6.69. The maximum absolute atomic E-state index is 6.81. The molecule has 0 unspecified atom stereocenters. The van der Waals surface area contributed by atoms with Crippen molar-refractivity contribution in [3.63, 3.8) is 0 Å². The maximum Gasteiger partial charge on any atom is 0.125 e. The number of nitrogens with one attached hydrogen (secondary N) is 1. The molecule has 0 bridgehead atoms. The molecule has 0 spiro atoms. The molecule has 0 saturated heterocycles. The first-order valence-electron chi connectivity index (χ1n) is 2.62. The molecule has 9 heavy (non-hydrogen) atoms. The van der Waals surface area contributed by atoms with Crippen LogP contribution >= 0.6 is 0 Å². The average Bonchev–Trinajstić information content (AvgIpc) is 1.90. The first-order valence-corrected chi connectivity index (χ1v) is 2.62. The maximum atomic E-state index is 6.81. The van der Waals surface area contributed by atoms with Crippen LogP contribution in [-0.4, -0.2) is 16.2 Å². The van der Waals surface area contributed by atoms with Gasteiger partial charge in [0.15, 0.2) is 0 Å². The van der Waals surface area contributed by atoms with Crippen LogP contribution in [0.3, 0.4) is 0 Å². The number of hydrogen-bond donors (Lipinski definition) is 1. The van der Waals surface area contributed by atoms with Gasteiger partial charge in [-0.05, 0) is 6.92 Å². The van der Waals surface area contributed by atoms with E-state index >= 15 is 0 Å². The second kappa shape index (κ2) is 2.35. The van der Waals surface area contributed by atoms with E-state index in [1.165, 1.54) is 6.21 Å². The van der Waals surface area contributed by atoms with Crippen molar-refractivity contribution in [1.29, 1.82) is 5.41 Å². The van der Waals surface area contributed by atoms with Crippen LogP contribution in [0.4, 0.5) is 0 Å². The average molecular weight is 121 g/mol. The summed E-state index contributed by atoms with van der Waals surface area (Å²) >= 11 is 0. The third-order valence-corrected chi connectivity index (χ3v) is 0.968. The van der Waals surface area contributed by atoms with Crippen molar-refractivity contribution < 1.29 is 0 Å². The molecule has 0 saturated carbocycles. The third kappa shape index (κ3) is 1.32. The van der Waals surface area contributed by atoms with Crippen LogP contribution in [0.1, 0.15) is 11.4 Å². The van der Waals surface area contributed by atoms with E-state index in [0.717, 1.165) is 11.4 Å². The molecule has 0 aliphatic heterocycles. The van der Waals surface area contributed by atoms with Crippen LogP contribution in [0.15, 0.2) is 12.4 Å². The molecule has 0 aromatic carbocycles. The van der Waals surface area contributed by atoms with Crippen LogP contribution in [-0.2, 0) is 0 Å². The molecule has 3 heteroatoms. The summed E-state index contributed by atoms with van der Waals surface area (Å²) in [4.78, 5) is 7.78. The molecular formula is C6H7N3. The van der Waals surface area contributed by atoms with Gasteiger partial charge in [0.05, 0.1) is 0 Å². The molecule has 1 rings (SSSR count). The first kappa shape index (κ1) is 5.88. The molecule has 1 N–H and O–H groups in total. The van der Waals surface area contributed by atoms with Gasteiger partial charge in [0.2, 0.25) is 0 Å². The highest BCUT2D eigenvalue weighted by Gasteiger charge is 1.85. The highest BCUT2D eigenvalue weighted by atomic mass is 14.8. The first-order chi connectivity index (χ1) is 4.33. The summed E-state index contributed by atoms with van der Waals surface area (Å²) in [5.41, 5.74) is 0.737. The smallest absolute Gasteiger partial charge is 0.125 e. The molecule has 46 valence electrons. The fraction of sp³-hybridized carbons (Fsp3) is 0.167. The summed E-state index contributed by atoms with van der Waals surface area (Å²) < 4.78 is 0. The Kier molecular flexibility index (Phi) is 1.53. The Labute approximate surface area is 53.3 Å². The SMILES string of the molecule is Cc1ncc(C=N)cn1. The molecule has 0 amide bonds. The molecule has 0 aliphatic rings. The minimum atomic E-state index is 0.737. The standard InChI is InChI=1S/C6H7N3/c1-5-8-3-6(2-7)4-9-5/h2-4,7H,1H3. The Morgan fingerprint density at radius 2 is 2.00 bits per heavy atom. The Bertz CT molecular complexity index is 202. The van der Waals surface area contributed by atoms with Crippen molar-refractivity contribution in [2.45, 2.75) is 6.92 Å². The number of hydrogen-bond acceptors (Lipinski definition) is 3. The Morgan fingerprint density at radius 1 is 1.44 bits per heavy atom. The Balaban J connectivity index is 3.01. The third-order valence-electron chi connectivity index (χ3n) is 0.968. The van der Waals surface area contributed by atoms with E-state index in [1.54, 1.807) is 12.4 Å². The number of aryl methyl sites for hydroxylation is 1. The molecule has 1 aromatic heterocycles. The summed E-state index contributed by atoms with van der Waals surface area (Å²) in [5.74, 6) is 0.737. The van der Waals surface area contributed by atoms with Crippen molar-refractivity contribution in [3.05, 3.63) is 23.8 Å². The molecule has 1 heterocycles. The topological polar surface area (TPSA) is 49.6 Å². The fourth-order valence-electron chi connectivity index (χ4n) is 0.477. The van der Waals surface area contributed by atoms with E-state index < -0.39 is 0 Å². The zero-order valence-electron chi connectivity index (χ0n) is 5.13. The Morgan fingerprint density at radius 3 is 2.44 bits per heavy atom. The molecular weight excluding hydrogens is 114 g/mol. The van der Waals surface area contributed by atoms with Crippen molar-refractivity contribution in [2.75, 3.05) is 0 Å².